The van der Waals surface area contributed by atoms with Crippen molar-refractivity contribution in [3.63, 3.8) is 0 Å². The maximum Gasteiger partial charge on any atom is 0.260 e. The Morgan fingerprint density at radius 1 is 1.48 bits per heavy atom. The average Bonchev–Trinajstić information content (AvgIpc) is 2.79. The highest BCUT2D eigenvalue weighted by Gasteiger charge is 2.38. The van der Waals surface area contributed by atoms with E-state index in [9.17, 15) is 14.4 Å². The van der Waals surface area contributed by atoms with E-state index in [-0.39, 0.29) is 18.4 Å². The largest absolute Gasteiger partial charge is 0.360 e. The molecule has 1 fully saturated rings. The van der Waals surface area contributed by atoms with Gasteiger partial charge in [-0.3, -0.25) is 19.7 Å². The summed E-state index contributed by atoms with van der Waals surface area (Å²) in [7, 11) is 0. The number of aryl methyl sites for hydroxylation is 1. The number of piperazine rings is 1. The second-order valence-electron chi connectivity index (χ2n) is 5.43. The molecule has 1 aliphatic heterocycles. The maximum atomic E-state index is 12.8. The Balaban J connectivity index is 2.40. The van der Waals surface area contributed by atoms with Crippen molar-refractivity contribution in [3.05, 3.63) is 17.0 Å². The number of rotatable bonds is 3. The molecule has 0 radical (unpaired) electrons. The molecule has 0 bridgehead atoms. The molecule has 1 aromatic rings. The van der Waals surface area contributed by atoms with Crippen molar-refractivity contribution >= 4 is 17.7 Å². The molecule has 1 aliphatic rings. The third-order valence-electron chi connectivity index (χ3n) is 3.53. The van der Waals surface area contributed by atoms with Gasteiger partial charge in [-0.2, -0.15) is 0 Å². The van der Waals surface area contributed by atoms with Gasteiger partial charge >= 0.3 is 0 Å². The SMILES string of the molecule is CCC1C(=O)NC(=O)CN1C(=O)c1c(C)noc1C(C)C. The summed E-state index contributed by atoms with van der Waals surface area (Å²) in [5.74, 6) is -0.835. The lowest BCUT2D eigenvalue weighted by atomic mass is 10.0. The van der Waals surface area contributed by atoms with Crippen LogP contribution in [0.4, 0.5) is 0 Å². The molecule has 1 aromatic heterocycles. The number of aromatic nitrogens is 1. The van der Waals surface area contributed by atoms with E-state index in [1.54, 1.807) is 13.8 Å². The Hall–Kier alpha value is -2.18. The maximum absolute atomic E-state index is 12.8. The van der Waals surface area contributed by atoms with Gasteiger partial charge in [0.25, 0.3) is 5.91 Å². The van der Waals surface area contributed by atoms with Crippen LogP contribution in [0.2, 0.25) is 0 Å². The molecule has 2 rings (SSSR count). The summed E-state index contributed by atoms with van der Waals surface area (Å²) in [4.78, 5) is 37.5. The minimum atomic E-state index is -0.649. The topological polar surface area (TPSA) is 92.5 Å². The van der Waals surface area contributed by atoms with Crippen molar-refractivity contribution in [2.24, 2.45) is 0 Å². The molecule has 21 heavy (non-hydrogen) atoms. The number of amides is 3. The molecule has 114 valence electrons. The predicted octanol–water partition coefficient (Wildman–Crippen LogP) is 0.984. The Labute approximate surface area is 122 Å². The number of carbonyl (C=O) groups is 3. The van der Waals surface area contributed by atoms with Gasteiger partial charge in [0.15, 0.2) is 5.76 Å². The Morgan fingerprint density at radius 3 is 2.71 bits per heavy atom. The van der Waals surface area contributed by atoms with E-state index >= 15 is 0 Å². The van der Waals surface area contributed by atoms with E-state index in [0.717, 1.165) is 0 Å². The normalized spacial score (nSPS) is 19.1. The number of nitrogens with zero attached hydrogens (tertiary/aromatic N) is 2. The fourth-order valence-electron chi connectivity index (χ4n) is 2.47. The van der Waals surface area contributed by atoms with Crippen molar-refractivity contribution in [2.75, 3.05) is 6.54 Å². The molecular weight excluding hydrogens is 274 g/mol. The lowest BCUT2D eigenvalue weighted by Crippen LogP contribution is -2.59. The minimum Gasteiger partial charge on any atom is -0.360 e. The van der Waals surface area contributed by atoms with Crippen LogP contribution in [0.15, 0.2) is 4.52 Å². The van der Waals surface area contributed by atoms with E-state index in [1.807, 2.05) is 13.8 Å². The van der Waals surface area contributed by atoms with E-state index in [2.05, 4.69) is 10.5 Å². The first-order valence-electron chi connectivity index (χ1n) is 6.97. The average molecular weight is 293 g/mol. The zero-order valence-corrected chi connectivity index (χ0v) is 12.6. The van der Waals surface area contributed by atoms with Crippen LogP contribution in [0.3, 0.4) is 0 Å². The molecule has 3 amide bonds. The zero-order chi connectivity index (χ0) is 15.7. The second kappa shape index (κ2) is 5.67. The van der Waals surface area contributed by atoms with Crippen LogP contribution in [0.25, 0.3) is 0 Å². The molecule has 1 atom stereocenters. The van der Waals surface area contributed by atoms with Gasteiger partial charge in [-0.1, -0.05) is 25.9 Å². The molecule has 0 aliphatic carbocycles. The summed E-state index contributed by atoms with van der Waals surface area (Å²) in [5, 5.41) is 6.09. The summed E-state index contributed by atoms with van der Waals surface area (Å²) in [6.45, 7) is 7.12. The van der Waals surface area contributed by atoms with Crippen LogP contribution < -0.4 is 5.32 Å². The molecule has 0 aromatic carbocycles. The molecular formula is C14H19N3O4. The minimum absolute atomic E-state index is 0.0143. The van der Waals surface area contributed by atoms with Crippen molar-refractivity contribution in [1.29, 1.82) is 0 Å². The van der Waals surface area contributed by atoms with E-state index < -0.39 is 17.9 Å². The van der Waals surface area contributed by atoms with Crippen LogP contribution >= 0.6 is 0 Å². The first-order valence-corrected chi connectivity index (χ1v) is 6.97. The fourth-order valence-corrected chi connectivity index (χ4v) is 2.47. The van der Waals surface area contributed by atoms with Gasteiger partial charge in [0.1, 0.15) is 18.2 Å². The van der Waals surface area contributed by atoms with Gasteiger partial charge < -0.3 is 9.42 Å². The number of nitrogens with one attached hydrogen (secondary N) is 1. The van der Waals surface area contributed by atoms with Crippen molar-refractivity contribution < 1.29 is 18.9 Å². The first kappa shape index (κ1) is 15.2. The fraction of sp³-hybridized carbons (Fsp3) is 0.571. The molecule has 7 nitrogen and oxygen atoms in total. The second-order valence-corrected chi connectivity index (χ2v) is 5.43. The Bertz CT molecular complexity index is 591. The van der Waals surface area contributed by atoms with Gasteiger partial charge in [0.2, 0.25) is 11.8 Å². The third kappa shape index (κ3) is 2.68. The van der Waals surface area contributed by atoms with Crippen molar-refractivity contribution in [3.8, 4) is 0 Å². The van der Waals surface area contributed by atoms with Crippen LogP contribution in [0, 0.1) is 6.92 Å². The lowest BCUT2D eigenvalue weighted by molar-refractivity contribution is -0.138. The summed E-state index contributed by atoms with van der Waals surface area (Å²) < 4.78 is 5.21. The molecule has 1 saturated heterocycles. The Morgan fingerprint density at radius 2 is 2.14 bits per heavy atom. The molecule has 0 spiro atoms. The number of hydrogen-bond donors (Lipinski definition) is 1. The highest BCUT2D eigenvalue weighted by Crippen LogP contribution is 2.25. The van der Waals surface area contributed by atoms with Gasteiger partial charge in [-0.15, -0.1) is 0 Å². The van der Waals surface area contributed by atoms with Crippen LogP contribution in [-0.4, -0.2) is 40.4 Å². The summed E-state index contributed by atoms with van der Waals surface area (Å²) in [6.07, 6.45) is 0.437. The number of carbonyl (C=O) groups excluding carboxylic acids is 3. The Kier molecular flexibility index (Phi) is 4.11. The van der Waals surface area contributed by atoms with Gasteiger partial charge in [-0.05, 0) is 13.3 Å². The van der Waals surface area contributed by atoms with Gasteiger partial charge in [0.05, 0.1) is 5.69 Å². The smallest absolute Gasteiger partial charge is 0.260 e. The quantitative estimate of drug-likeness (QED) is 0.839. The van der Waals surface area contributed by atoms with Gasteiger partial charge in [0, 0.05) is 5.92 Å². The lowest BCUT2D eigenvalue weighted by Gasteiger charge is -2.33. The molecule has 1 N–H and O–H groups in total. The van der Waals surface area contributed by atoms with E-state index in [0.29, 0.717) is 23.4 Å². The van der Waals surface area contributed by atoms with Crippen LogP contribution in [0.1, 0.15) is 54.9 Å². The molecule has 2 heterocycles. The summed E-state index contributed by atoms with van der Waals surface area (Å²) >= 11 is 0. The monoisotopic (exact) mass is 293 g/mol. The standard InChI is InChI=1S/C14H19N3O4/c1-5-9-13(19)15-10(18)6-17(9)14(20)11-8(4)16-21-12(11)7(2)3/h7,9H,5-6H2,1-4H3,(H,15,18,19). The van der Waals surface area contributed by atoms with Crippen LogP contribution in [-0.2, 0) is 9.59 Å². The number of imide groups is 1. The predicted molar refractivity (Wildman–Crippen MR) is 73.6 cm³/mol. The highest BCUT2D eigenvalue weighted by molar-refractivity contribution is 6.07. The van der Waals surface area contributed by atoms with Crippen LogP contribution in [0.5, 0.6) is 0 Å². The molecule has 1 unspecified atom stereocenters. The highest BCUT2D eigenvalue weighted by atomic mass is 16.5. The van der Waals surface area contributed by atoms with Gasteiger partial charge in [-0.25, -0.2) is 0 Å². The summed E-state index contributed by atoms with van der Waals surface area (Å²) in [5.41, 5.74) is 0.822. The molecule has 7 heteroatoms. The summed E-state index contributed by atoms with van der Waals surface area (Å²) in [6, 6.07) is -0.649. The van der Waals surface area contributed by atoms with E-state index in [4.69, 9.17) is 4.52 Å². The first-order chi connectivity index (χ1) is 9.86. The van der Waals surface area contributed by atoms with E-state index in [1.165, 1.54) is 4.90 Å². The zero-order valence-electron chi connectivity index (χ0n) is 12.6. The third-order valence-corrected chi connectivity index (χ3v) is 3.53. The van der Waals surface area contributed by atoms with Crippen molar-refractivity contribution in [2.45, 2.75) is 46.1 Å². The van der Waals surface area contributed by atoms with Crippen molar-refractivity contribution in [1.82, 2.24) is 15.4 Å². The molecule has 0 saturated carbocycles. The number of hydrogen-bond acceptors (Lipinski definition) is 5.